The second-order valence-electron chi connectivity index (χ2n) is 13.9. The summed E-state index contributed by atoms with van der Waals surface area (Å²) in [5, 5.41) is 8.46. The molecule has 2 nitrogen and oxygen atoms in total. The van der Waals surface area contributed by atoms with Crippen LogP contribution in [0.5, 0.6) is 0 Å². The summed E-state index contributed by atoms with van der Waals surface area (Å²) < 4.78 is 0. The summed E-state index contributed by atoms with van der Waals surface area (Å²) in [6, 6.07) is 53.2. The van der Waals surface area contributed by atoms with Crippen LogP contribution in [0.4, 0.5) is 22.7 Å². The molecule has 7 aromatic rings. The van der Waals surface area contributed by atoms with Gasteiger partial charge >= 0.3 is 0 Å². The number of hydrogen-bond acceptors (Lipinski definition) is 2. The average Bonchev–Trinajstić information content (AvgIpc) is 3.17. The Kier molecular flexibility index (Phi) is 9.79. The lowest BCUT2D eigenvalue weighted by molar-refractivity contribution is 0.533. The van der Waals surface area contributed by atoms with Crippen LogP contribution >= 0.6 is 0 Å². The van der Waals surface area contributed by atoms with E-state index in [1.54, 1.807) is 6.92 Å². The molecule has 0 radical (unpaired) electrons. The van der Waals surface area contributed by atoms with Crippen molar-refractivity contribution in [1.82, 2.24) is 0 Å². The lowest BCUT2D eigenvalue weighted by Gasteiger charge is -2.29. The fourth-order valence-electron chi connectivity index (χ4n) is 7.32. The zero-order chi connectivity index (χ0) is 36.1. The molecule has 8 rings (SSSR count). The van der Waals surface area contributed by atoms with Crippen LogP contribution in [0.15, 0.2) is 164 Å². The van der Waals surface area contributed by atoms with Crippen molar-refractivity contribution in [3.8, 4) is 34.6 Å². The van der Waals surface area contributed by atoms with Gasteiger partial charge in [-0.3, -0.25) is 0 Å². The molecule has 254 valence electrons. The molecule has 2 heteroatoms. The topological polar surface area (TPSA) is 15.3 Å². The van der Waals surface area contributed by atoms with Crippen LogP contribution in [0, 0.1) is 12.3 Å². The molecule has 0 atom stereocenters. The van der Waals surface area contributed by atoms with Crippen molar-refractivity contribution in [2.45, 2.75) is 32.6 Å². The predicted molar refractivity (Wildman–Crippen MR) is 227 cm³/mol. The summed E-state index contributed by atoms with van der Waals surface area (Å²) in [7, 11) is 2.01. The van der Waals surface area contributed by atoms with Crippen molar-refractivity contribution < 1.29 is 0 Å². The Hall–Kier alpha value is -6.30. The third kappa shape index (κ3) is 6.87. The summed E-state index contributed by atoms with van der Waals surface area (Å²) in [6.07, 6.45) is 14.5. The Morgan fingerprint density at radius 1 is 0.596 bits per heavy atom. The molecule has 0 aliphatic heterocycles. The fraction of sp³-hybridized carbons (Fsp3) is 0.120. The Morgan fingerprint density at radius 3 is 1.90 bits per heavy atom. The van der Waals surface area contributed by atoms with E-state index in [1.165, 1.54) is 54.9 Å². The number of rotatable bonds is 6. The third-order valence-corrected chi connectivity index (χ3v) is 9.99. The maximum Gasteiger partial charge on any atom is 0.0469 e. The van der Waals surface area contributed by atoms with Gasteiger partial charge in [-0.05, 0) is 117 Å². The zero-order valence-electron chi connectivity index (χ0n) is 30.4. The molecule has 7 aromatic carbocycles. The summed E-state index contributed by atoms with van der Waals surface area (Å²) in [5.41, 5.74) is 11.9. The smallest absolute Gasteiger partial charge is 0.0469 e. The number of terminal acetylenes is 1. The number of anilines is 4. The van der Waals surface area contributed by atoms with Crippen LogP contribution < -0.4 is 10.2 Å². The van der Waals surface area contributed by atoms with Crippen LogP contribution in [0.3, 0.4) is 0 Å². The Balaban J connectivity index is 0.00000136. The average molecular weight is 673 g/mol. The Bertz CT molecular complexity index is 2470. The van der Waals surface area contributed by atoms with Gasteiger partial charge in [-0.2, -0.15) is 0 Å². The third-order valence-electron chi connectivity index (χ3n) is 9.99. The van der Waals surface area contributed by atoms with Gasteiger partial charge in [0.2, 0.25) is 0 Å². The maximum atomic E-state index is 4.60. The molecule has 0 aromatic heterocycles. The molecule has 0 amide bonds. The Labute approximate surface area is 308 Å². The van der Waals surface area contributed by atoms with Gasteiger partial charge in [-0.1, -0.05) is 135 Å². The molecule has 0 saturated heterocycles. The van der Waals surface area contributed by atoms with Crippen molar-refractivity contribution in [3.63, 3.8) is 0 Å². The Morgan fingerprint density at radius 2 is 1.19 bits per heavy atom. The molecule has 0 bridgehead atoms. The monoisotopic (exact) mass is 672 g/mol. The van der Waals surface area contributed by atoms with E-state index < -0.39 is 0 Å². The van der Waals surface area contributed by atoms with Crippen molar-refractivity contribution in [3.05, 3.63) is 175 Å². The lowest BCUT2D eigenvalue weighted by Crippen LogP contribution is -2.18. The van der Waals surface area contributed by atoms with Gasteiger partial charge in [0.1, 0.15) is 0 Å². The zero-order valence-corrected chi connectivity index (χ0v) is 30.4. The number of fused-ring (bicyclic) bond motifs is 3. The highest BCUT2D eigenvalue weighted by Crippen LogP contribution is 2.44. The molecule has 1 N–H and O–H groups in total. The van der Waals surface area contributed by atoms with E-state index in [0.29, 0.717) is 0 Å². The van der Waals surface area contributed by atoms with Gasteiger partial charge in [-0.25, -0.2) is 0 Å². The number of nitrogens with one attached hydrogen (secondary N) is 1. The van der Waals surface area contributed by atoms with E-state index in [9.17, 15) is 0 Å². The normalized spacial score (nSPS) is 14.1. The minimum Gasteiger partial charge on any atom is -0.388 e. The maximum absolute atomic E-state index is 4.60. The van der Waals surface area contributed by atoms with Crippen molar-refractivity contribution in [2.24, 2.45) is 0 Å². The second-order valence-corrected chi connectivity index (χ2v) is 13.9. The molecule has 0 fully saturated rings. The van der Waals surface area contributed by atoms with Gasteiger partial charge in [0.25, 0.3) is 0 Å². The summed E-state index contributed by atoms with van der Waals surface area (Å²) >= 11 is 0. The van der Waals surface area contributed by atoms with Gasteiger partial charge in [-0.15, -0.1) is 12.3 Å². The predicted octanol–water partition coefficient (Wildman–Crippen LogP) is 13.7. The first-order valence-corrected chi connectivity index (χ1v) is 17.9. The summed E-state index contributed by atoms with van der Waals surface area (Å²) in [6.45, 7) is 6.34. The molecule has 0 spiro atoms. The number of benzene rings is 7. The highest BCUT2D eigenvalue weighted by atomic mass is 15.1. The van der Waals surface area contributed by atoms with Crippen molar-refractivity contribution in [1.29, 1.82) is 0 Å². The SMILES string of the molecule is C#CC.CNc1ccc(N(c2ccc(-c3ccc4ccccc4c3)cc2)c2ccc3ccccc3c2)cc1-c1cccc2c1/C=C\C=C/CC2(C)C. The highest BCUT2D eigenvalue weighted by molar-refractivity contribution is 5.93. The number of hydrogen-bond donors (Lipinski definition) is 1. The minimum atomic E-state index is 0.0218. The molecule has 0 saturated carbocycles. The molecule has 0 heterocycles. The molecule has 1 aliphatic rings. The van der Waals surface area contributed by atoms with Gasteiger partial charge in [0.15, 0.2) is 0 Å². The molecular weight excluding hydrogens is 629 g/mol. The van der Waals surface area contributed by atoms with Crippen LogP contribution in [-0.2, 0) is 5.41 Å². The van der Waals surface area contributed by atoms with Gasteiger partial charge in [0, 0.05) is 35.4 Å². The van der Waals surface area contributed by atoms with E-state index >= 15 is 0 Å². The minimum absolute atomic E-state index is 0.0218. The van der Waals surface area contributed by atoms with Gasteiger partial charge < -0.3 is 10.2 Å². The number of allylic oxidation sites excluding steroid dienone is 3. The molecular formula is C50H44N2. The van der Waals surface area contributed by atoms with Crippen LogP contribution in [0.1, 0.15) is 38.3 Å². The van der Waals surface area contributed by atoms with E-state index in [1.807, 2.05) is 7.05 Å². The fourth-order valence-corrected chi connectivity index (χ4v) is 7.32. The first-order chi connectivity index (χ1) is 25.4. The number of nitrogens with zero attached hydrogens (tertiary/aromatic N) is 1. The lowest BCUT2D eigenvalue weighted by atomic mass is 9.76. The van der Waals surface area contributed by atoms with Gasteiger partial charge in [0.05, 0.1) is 0 Å². The largest absolute Gasteiger partial charge is 0.388 e. The first-order valence-electron chi connectivity index (χ1n) is 17.9. The van der Waals surface area contributed by atoms with Crippen LogP contribution in [0.2, 0.25) is 0 Å². The second kappa shape index (κ2) is 14.9. The van der Waals surface area contributed by atoms with Crippen LogP contribution in [0.25, 0.3) is 49.9 Å². The highest BCUT2D eigenvalue weighted by Gasteiger charge is 2.25. The van der Waals surface area contributed by atoms with Crippen molar-refractivity contribution in [2.75, 3.05) is 17.3 Å². The van der Waals surface area contributed by atoms with E-state index in [-0.39, 0.29) is 5.41 Å². The van der Waals surface area contributed by atoms with E-state index in [2.05, 4.69) is 206 Å². The molecule has 1 aliphatic carbocycles. The summed E-state index contributed by atoms with van der Waals surface area (Å²) in [4.78, 5) is 2.38. The van der Waals surface area contributed by atoms with E-state index in [0.717, 1.165) is 29.2 Å². The summed E-state index contributed by atoms with van der Waals surface area (Å²) in [5.74, 6) is 2.25. The quantitative estimate of drug-likeness (QED) is 0.177. The standard InChI is InChI=1S/C47H40N2.C3H4/c1-47(2)29-10-4-5-16-43-42(17-11-18-45(43)47)44-32-41(27-28-46(44)48-3)49(40-26-23-34-13-7-9-15-37(34)31-40)39-24-21-35(22-25-39)38-20-19-33-12-6-8-14-36(33)30-38;1-3-2/h4-28,30-32,48H,29H2,1-3H3;1H,2H3/b10-4-,16-5-;. The first kappa shape index (κ1) is 34.2. The van der Waals surface area contributed by atoms with Crippen molar-refractivity contribution >= 4 is 50.4 Å². The van der Waals surface area contributed by atoms with E-state index in [4.69, 9.17) is 0 Å². The molecule has 52 heavy (non-hydrogen) atoms. The molecule has 0 unspecified atom stereocenters. The van der Waals surface area contributed by atoms with Crippen LogP contribution in [-0.4, -0.2) is 7.05 Å².